The lowest BCUT2D eigenvalue weighted by molar-refractivity contribution is 0.312. The first-order valence-corrected chi connectivity index (χ1v) is 7.32. The van der Waals surface area contributed by atoms with Crippen molar-refractivity contribution >= 4 is 0 Å². The van der Waals surface area contributed by atoms with Crippen LogP contribution in [0.4, 0.5) is 0 Å². The average molecular weight is 256 g/mol. The van der Waals surface area contributed by atoms with Gasteiger partial charge in [0, 0.05) is 18.7 Å². The van der Waals surface area contributed by atoms with E-state index >= 15 is 0 Å². The molecule has 2 rings (SSSR count). The van der Waals surface area contributed by atoms with Crippen molar-refractivity contribution in [3.05, 3.63) is 35.4 Å². The molecule has 0 amide bonds. The molecule has 1 atom stereocenters. The first kappa shape index (κ1) is 14.1. The van der Waals surface area contributed by atoms with Crippen LogP contribution in [0.3, 0.4) is 0 Å². The van der Waals surface area contributed by atoms with Crippen LogP contribution in [-0.4, -0.2) is 24.5 Å². The van der Waals surface area contributed by atoms with Gasteiger partial charge in [-0.05, 0) is 36.9 Å². The maximum Gasteiger partial charge on any atom is 0.0555 e. The van der Waals surface area contributed by atoms with Crippen molar-refractivity contribution in [3.63, 3.8) is 0 Å². The molecule has 1 saturated heterocycles. The summed E-state index contributed by atoms with van der Waals surface area (Å²) in [6.07, 6.45) is 4.02. The zero-order chi connectivity index (χ0) is 13.5. The summed E-state index contributed by atoms with van der Waals surface area (Å²) in [4.78, 5) is 2.56. The van der Waals surface area contributed by atoms with Gasteiger partial charge in [0.1, 0.15) is 0 Å². The summed E-state index contributed by atoms with van der Waals surface area (Å²) >= 11 is 0. The van der Waals surface area contributed by atoms with Gasteiger partial charge in [-0.15, -0.1) is 0 Å². The first-order valence-electron chi connectivity index (χ1n) is 7.32. The minimum absolute atomic E-state index is 0.427. The van der Waals surface area contributed by atoms with Crippen molar-refractivity contribution < 1.29 is 0 Å². The Morgan fingerprint density at radius 2 is 2.21 bits per heavy atom. The molecule has 19 heavy (non-hydrogen) atoms. The molecule has 1 aromatic rings. The first-order chi connectivity index (χ1) is 9.33. The van der Waals surface area contributed by atoms with Crippen molar-refractivity contribution in [1.82, 2.24) is 4.90 Å². The van der Waals surface area contributed by atoms with Gasteiger partial charge in [0.25, 0.3) is 0 Å². The van der Waals surface area contributed by atoms with E-state index in [0.29, 0.717) is 6.54 Å². The highest BCUT2D eigenvalue weighted by Crippen LogP contribution is 2.23. The Labute approximate surface area is 117 Å². The summed E-state index contributed by atoms with van der Waals surface area (Å²) in [6, 6.07) is 8.43. The number of benzene rings is 1. The number of nitrogens with two attached hydrogens (primary N) is 1. The van der Waals surface area contributed by atoms with Crippen LogP contribution in [0.1, 0.15) is 37.3 Å². The van der Waals surface area contributed by atoms with E-state index in [1.165, 1.54) is 37.9 Å². The third-order valence-corrected chi connectivity index (χ3v) is 3.80. The number of likely N-dealkylation sites (tertiary alicyclic amines) is 1. The summed E-state index contributed by atoms with van der Waals surface area (Å²) < 4.78 is 0. The van der Waals surface area contributed by atoms with E-state index in [1.54, 1.807) is 0 Å². The minimum atomic E-state index is 0.427. The molecular weight excluding hydrogens is 232 g/mol. The van der Waals surface area contributed by atoms with Crippen LogP contribution >= 0.6 is 0 Å². The van der Waals surface area contributed by atoms with Crippen molar-refractivity contribution in [2.45, 2.75) is 32.7 Å². The summed E-state index contributed by atoms with van der Waals surface area (Å²) in [5.41, 5.74) is 7.92. The second-order valence-electron chi connectivity index (χ2n) is 5.34. The van der Waals surface area contributed by atoms with E-state index in [4.69, 9.17) is 5.73 Å². The lowest BCUT2D eigenvalue weighted by Crippen LogP contribution is -2.20. The van der Waals surface area contributed by atoms with Gasteiger partial charge in [0.05, 0.1) is 6.54 Å². The molecule has 1 aromatic carbocycles. The Kier molecular flexibility index (Phi) is 5.44. The van der Waals surface area contributed by atoms with Gasteiger partial charge in [0.2, 0.25) is 0 Å². The van der Waals surface area contributed by atoms with Crippen molar-refractivity contribution in [1.29, 1.82) is 0 Å². The molecule has 2 heteroatoms. The molecule has 0 saturated carbocycles. The molecule has 1 unspecified atom stereocenters. The highest BCUT2D eigenvalue weighted by molar-refractivity contribution is 5.41. The number of rotatable bonds is 4. The van der Waals surface area contributed by atoms with Gasteiger partial charge in [-0.2, -0.15) is 0 Å². The summed E-state index contributed by atoms with van der Waals surface area (Å²) in [5, 5.41) is 0. The van der Waals surface area contributed by atoms with Gasteiger partial charge in [0.15, 0.2) is 0 Å². The third-order valence-electron chi connectivity index (χ3n) is 3.80. The Morgan fingerprint density at radius 3 is 3.00 bits per heavy atom. The predicted molar refractivity (Wildman–Crippen MR) is 80.7 cm³/mol. The molecule has 2 N–H and O–H groups in total. The second-order valence-corrected chi connectivity index (χ2v) is 5.34. The molecular formula is C17H24N2. The lowest BCUT2D eigenvalue weighted by atomic mass is 10.0. The Bertz CT molecular complexity index is 456. The monoisotopic (exact) mass is 256 g/mol. The van der Waals surface area contributed by atoms with Gasteiger partial charge < -0.3 is 5.73 Å². The number of nitrogens with zero attached hydrogens (tertiary/aromatic N) is 1. The van der Waals surface area contributed by atoms with Crippen LogP contribution in [0, 0.1) is 17.8 Å². The summed E-state index contributed by atoms with van der Waals surface area (Å²) in [7, 11) is 0. The van der Waals surface area contributed by atoms with Crippen LogP contribution in [0.15, 0.2) is 24.3 Å². The molecule has 2 nitrogen and oxygen atoms in total. The average Bonchev–Trinajstić information content (AvgIpc) is 2.86. The van der Waals surface area contributed by atoms with Crippen LogP contribution in [0.25, 0.3) is 0 Å². The molecule has 1 aliphatic rings. The molecule has 0 aliphatic carbocycles. The van der Waals surface area contributed by atoms with E-state index in [9.17, 15) is 0 Å². The Morgan fingerprint density at radius 1 is 1.37 bits per heavy atom. The molecule has 1 fully saturated rings. The van der Waals surface area contributed by atoms with Gasteiger partial charge in [-0.25, -0.2) is 0 Å². The van der Waals surface area contributed by atoms with Gasteiger partial charge in [-0.3, -0.25) is 4.90 Å². The number of hydrogen-bond donors (Lipinski definition) is 1. The summed E-state index contributed by atoms with van der Waals surface area (Å²) in [5.74, 6) is 7.04. The fourth-order valence-electron chi connectivity index (χ4n) is 2.87. The third kappa shape index (κ3) is 4.09. The fraction of sp³-hybridized carbons (Fsp3) is 0.529. The second kappa shape index (κ2) is 7.33. The van der Waals surface area contributed by atoms with Crippen LogP contribution in [0.5, 0.6) is 0 Å². The van der Waals surface area contributed by atoms with Crippen molar-refractivity contribution in [2.24, 2.45) is 11.7 Å². The fourth-order valence-corrected chi connectivity index (χ4v) is 2.87. The van der Waals surface area contributed by atoms with E-state index in [-0.39, 0.29) is 0 Å². The largest absolute Gasteiger partial charge is 0.320 e. The quantitative estimate of drug-likeness (QED) is 0.839. The van der Waals surface area contributed by atoms with E-state index in [0.717, 1.165) is 18.0 Å². The standard InChI is InChI=1S/C17H24N2/c1-2-6-15-10-12-19(13-15)14-17-8-4-3-7-16(17)9-5-11-18/h3-4,7-8,15H,2,6,10-14,18H2,1H3. The Hall–Kier alpha value is -1.30. The highest BCUT2D eigenvalue weighted by Gasteiger charge is 2.21. The number of hydrogen-bond acceptors (Lipinski definition) is 2. The van der Waals surface area contributed by atoms with Gasteiger partial charge >= 0.3 is 0 Å². The minimum Gasteiger partial charge on any atom is -0.320 e. The molecule has 102 valence electrons. The molecule has 0 bridgehead atoms. The van der Waals surface area contributed by atoms with Crippen LogP contribution in [-0.2, 0) is 6.54 Å². The molecule has 1 aliphatic heterocycles. The maximum atomic E-state index is 5.46. The highest BCUT2D eigenvalue weighted by atomic mass is 15.1. The maximum absolute atomic E-state index is 5.46. The van der Waals surface area contributed by atoms with E-state index in [2.05, 4.69) is 41.9 Å². The zero-order valence-corrected chi connectivity index (χ0v) is 11.9. The van der Waals surface area contributed by atoms with E-state index < -0.39 is 0 Å². The predicted octanol–water partition coefficient (Wildman–Crippen LogP) is 2.62. The molecule has 0 radical (unpaired) electrons. The molecule has 1 heterocycles. The van der Waals surface area contributed by atoms with Crippen molar-refractivity contribution in [2.75, 3.05) is 19.6 Å². The van der Waals surface area contributed by atoms with Crippen LogP contribution in [0.2, 0.25) is 0 Å². The smallest absolute Gasteiger partial charge is 0.0555 e. The van der Waals surface area contributed by atoms with Crippen molar-refractivity contribution in [3.8, 4) is 11.8 Å². The normalized spacial score (nSPS) is 19.2. The topological polar surface area (TPSA) is 29.3 Å². The molecule has 0 aromatic heterocycles. The Balaban J connectivity index is 2.00. The molecule has 0 spiro atoms. The summed E-state index contributed by atoms with van der Waals surface area (Å²) in [6.45, 7) is 6.20. The van der Waals surface area contributed by atoms with E-state index in [1.807, 2.05) is 6.07 Å². The lowest BCUT2D eigenvalue weighted by Gasteiger charge is -2.17. The van der Waals surface area contributed by atoms with Gasteiger partial charge in [-0.1, -0.05) is 43.4 Å². The van der Waals surface area contributed by atoms with Crippen LogP contribution < -0.4 is 5.73 Å². The zero-order valence-electron chi connectivity index (χ0n) is 11.9. The SMILES string of the molecule is CCCC1CCN(Cc2ccccc2C#CCN)C1.